The molecule has 2 aromatic heterocycles. The zero-order valence-corrected chi connectivity index (χ0v) is 19.6. The van der Waals surface area contributed by atoms with Crippen LogP contribution in [0, 0.1) is 16.7 Å². The molecule has 0 saturated carbocycles. The Morgan fingerprint density at radius 1 is 1.18 bits per heavy atom. The third-order valence-electron chi connectivity index (χ3n) is 6.53. The van der Waals surface area contributed by atoms with E-state index < -0.39 is 5.91 Å². The minimum atomic E-state index is -0.424. The maximum absolute atomic E-state index is 12.8. The van der Waals surface area contributed by atoms with Gasteiger partial charge in [-0.15, -0.1) is 0 Å². The van der Waals surface area contributed by atoms with Gasteiger partial charge in [0.25, 0.3) is 5.91 Å². The summed E-state index contributed by atoms with van der Waals surface area (Å²) in [4.78, 5) is 42.3. The van der Waals surface area contributed by atoms with Crippen molar-refractivity contribution < 1.29 is 9.59 Å². The molecule has 2 fully saturated rings. The van der Waals surface area contributed by atoms with Crippen molar-refractivity contribution in [3.63, 3.8) is 0 Å². The molecule has 0 aromatic carbocycles. The number of hydrogen-bond donors (Lipinski definition) is 2. The monoisotopic (exact) mass is 450 g/mol. The number of pyridine rings is 1. The summed E-state index contributed by atoms with van der Waals surface area (Å²) in [6.45, 7) is 7.41. The van der Waals surface area contributed by atoms with Gasteiger partial charge >= 0.3 is 6.03 Å². The van der Waals surface area contributed by atoms with E-state index in [4.69, 9.17) is 10.2 Å². The molecular formula is C23H30N8O2. The molecule has 10 heteroatoms. The van der Waals surface area contributed by atoms with Crippen LogP contribution in [0.1, 0.15) is 54.6 Å². The van der Waals surface area contributed by atoms with Crippen LogP contribution in [0.4, 0.5) is 16.3 Å². The van der Waals surface area contributed by atoms with Crippen LogP contribution in [0.25, 0.3) is 0 Å². The number of nitrogens with one attached hydrogen (secondary N) is 2. The van der Waals surface area contributed by atoms with Crippen LogP contribution in [-0.4, -0.2) is 77.0 Å². The van der Waals surface area contributed by atoms with Crippen LogP contribution in [0.15, 0.2) is 18.3 Å². The summed E-state index contributed by atoms with van der Waals surface area (Å²) in [5.41, 5.74) is 1.93. The Labute approximate surface area is 193 Å². The Hall–Kier alpha value is -3.61. The summed E-state index contributed by atoms with van der Waals surface area (Å²) in [6.07, 6.45) is 3.46. The standard InChI is InChI=1S/C23H30N8O2/c1-23(2)7-9-31(10-8-23)20-18(28-21(32)19-25-12-16(11-24)26-19)6-5-17(27-20)15-13-29(3)22(33)30(4)14-15/h5-6,12,15H,7-10,13-14H2,1-4H3,(H,25,26)(H,28,32). The van der Waals surface area contributed by atoms with Gasteiger partial charge in [-0.3, -0.25) is 4.79 Å². The van der Waals surface area contributed by atoms with Crippen molar-refractivity contribution in [1.29, 1.82) is 5.26 Å². The van der Waals surface area contributed by atoms with Crippen LogP contribution in [0.3, 0.4) is 0 Å². The van der Waals surface area contributed by atoms with Gasteiger partial charge in [-0.25, -0.2) is 14.8 Å². The molecule has 3 amide bonds. The number of imidazole rings is 1. The minimum Gasteiger partial charge on any atom is -0.355 e. The molecular weight excluding hydrogens is 420 g/mol. The molecule has 0 aliphatic carbocycles. The predicted molar refractivity (Wildman–Crippen MR) is 124 cm³/mol. The molecule has 0 spiro atoms. The SMILES string of the molecule is CN1CC(c2ccc(NC(=O)c3nc(C#N)c[nH]3)c(N3CCC(C)(C)CC3)n2)CN(C)C1=O. The fourth-order valence-electron chi connectivity index (χ4n) is 4.38. The van der Waals surface area contributed by atoms with Gasteiger partial charge in [-0.05, 0) is 30.4 Å². The maximum atomic E-state index is 12.8. The highest BCUT2D eigenvalue weighted by atomic mass is 16.2. The summed E-state index contributed by atoms with van der Waals surface area (Å²) in [5.74, 6) is 0.457. The molecule has 2 aliphatic heterocycles. The number of H-pyrrole nitrogens is 1. The van der Waals surface area contributed by atoms with Crippen molar-refractivity contribution in [2.75, 3.05) is 50.5 Å². The highest BCUT2D eigenvalue weighted by Crippen LogP contribution is 2.35. The third kappa shape index (κ3) is 4.77. The van der Waals surface area contributed by atoms with Gasteiger partial charge in [-0.2, -0.15) is 5.26 Å². The van der Waals surface area contributed by atoms with Gasteiger partial charge in [-0.1, -0.05) is 13.8 Å². The predicted octanol–water partition coefficient (Wildman–Crippen LogP) is 2.64. The molecule has 0 bridgehead atoms. The van der Waals surface area contributed by atoms with E-state index >= 15 is 0 Å². The van der Waals surface area contributed by atoms with Gasteiger partial charge in [0.05, 0.1) is 5.69 Å². The van der Waals surface area contributed by atoms with E-state index in [2.05, 4.69) is 34.0 Å². The van der Waals surface area contributed by atoms with Crippen molar-refractivity contribution in [1.82, 2.24) is 24.8 Å². The highest BCUT2D eigenvalue weighted by Gasteiger charge is 2.31. The molecule has 2 N–H and O–H groups in total. The van der Waals surface area contributed by atoms with E-state index in [1.165, 1.54) is 6.20 Å². The first-order chi connectivity index (χ1) is 15.7. The van der Waals surface area contributed by atoms with Crippen LogP contribution < -0.4 is 10.2 Å². The number of rotatable bonds is 4. The minimum absolute atomic E-state index is 0.00352. The molecule has 0 radical (unpaired) electrons. The Balaban J connectivity index is 1.63. The zero-order chi connectivity index (χ0) is 23.8. The lowest BCUT2D eigenvalue weighted by atomic mass is 9.82. The fraction of sp³-hybridized carbons (Fsp3) is 0.522. The lowest BCUT2D eigenvalue weighted by Crippen LogP contribution is -2.49. The normalized spacial score (nSPS) is 18.9. The van der Waals surface area contributed by atoms with Gasteiger partial charge in [0, 0.05) is 58.1 Å². The van der Waals surface area contributed by atoms with Crippen molar-refractivity contribution >= 4 is 23.4 Å². The molecule has 2 aromatic rings. The molecule has 33 heavy (non-hydrogen) atoms. The average Bonchev–Trinajstić information content (AvgIpc) is 3.27. The second kappa shape index (κ2) is 8.73. The Morgan fingerprint density at radius 2 is 1.85 bits per heavy atom. The smallest absolute Gasteiger partial charge is 0.319 e. The highest BCUT2D eigenvalue weighted by molar-refractivity contribution is 6.03. The fourth-order valence-corrected chi connectivity index (χ4v) is 4.38. The number of aromatic nitrogens is 3. The number of carbonyl (C=O) groups excluding carboxylic acids is 2. The molecule has 0 atom stereocenters. The van der Waals surface area contributed by atoms with Crippen molar-refractivity contribution in [3.8, 4) is 6.07 Å². The molecule has 10 nitrogen and oxygen atoms in total. The van der Waals surface area contributed by atoms with Crippen molar-refractivity contribution in [2.24, 2.45) is 5.41 Å². The number of nitriles is 1. The Morgan fingerprint density at radius 3 is 2.45 bits per heavy atom. The van der Waals surface area contributed by atoms with Gasteiger partial charge in [0.2, 0.25) is 0 Å². The maximum Gasteiger partial charge on any atom is 0.319 e. The first kappa shape index (κ1) is 22.6. The van der Waals surface area contributed by atoms with E-state index in [0.717, 1.165) is 37.4 Å². The van der Waals surface area contributed by atoms with Crippen molar-refractivity contribution in [3.05, 3.63) is 35.5 Å². The number of piperidine rings is 1. The number of likely N-dealkylation sites (N-methyl/N-ethyl adjacent to an activating group) is 2. The van der Waals surface area contributed by atoms with Crippen LogP contribution >= 0.6 is 0 Å². The zero-order valence-electron chi connectivity index (χ0n) is 19.6. The average molecular weight is 451 g/mol. The molecule has 2 aliphatic rings. The largest absolute Gasteiger partial charge is 0.355 e. The lowest BCUT2D eigenvalue weighted by Gasteiger charge is -2.39. The van der Waals surface area contributed by atoms with Crippen LogP contribution in [-0.2, 0) is 0 Å². The number of carbonyl (C=O) groups is 2. The first-order valence-electron chi connectivity index (χ1n) is 11.2. The Kier molecular flexibility index (Phi) is 5.97. The topological polar surface area (TPSA) is 121 Å². The summed E-state index contributed by atoms with van der Waals surface area (Å²) in [6, 6.07) is 5.71. The summed E-state index contributed by atoms with van der Waals surface area (Å²) < 4.78 is 0. The molecule has 4 rings (SSSR count). The molecule has 174 valence electrons. The van der Waals surface area contributed by atoms with E-state index in [-0.39, 0.29) is 28.9 Å². The summed E-state index contributed by atoms with van der Waals surface area (Å²) in [7, 11) is 3.60. The first-order valence-corrected chi connectivity index (χ1v) is 11.2. The summed E-state index contributed by atoms with van der Waals surface area (Å²) in [5, 5.41) is 11.9. The quantitative estimate of drug-likeness (QED) is 0.739. The van der Waals surface area contributed by atoms with Gasteiger partial charge < -0.3 is 25.0 Å². The Bertz CT molecular complexity index is 1080. The summed E-state index contributed by atoms with van der Waals surface area (Å²) >= 11 is 0. The number of anilines is 2. The van der Waals surface area contributed by atoms with E-state index in [1.807, 2.05) is 18.2 Å². The van der Waals surface area contributed by atoms with Crippen LogP contribution in [0.2, 0.25) is 0 Å². The number of hydrogen-bond acceptors (Lipinski definition) is 6. The molecule has 2 saturated heterocycles. The molecule has 4 heterocycles. The molecule has 0 unspecified atom stereocenters. The van der Waals surface area contributed by atoms with Gasteiger partial charge in [0.15, 0.2) is 17.3 Å². The van der Waals surface area contributed by atoms with Crippen molar-refractivity contribution in [2.45, 2.75) is 32.6 Å². The third-order valence-corrected chi connectivity index (χ3v) is 6.53. The van der Waals surface area contributed by atoms with E-state index in [9.17, 15) is 9.59 Å². The van der Waals surface area contributed by atoms with E-state index in [0.29, 0.717) is 18.8 Å². The second-order valence-corrected chi connectivity index (χ2v) is 9.70. The second-order valence-electron chi connectivity index (χ2n) is 9.70. The van der Waals surface area contributed by atoms with E-state index in [1.54, 1.807) is 23.9 Å². The number of nitrogens with zero attached hydrogens (tertiary/aromatic N) is 6. The van der Waals surface area contributed by atoms with Crippen LogP contribution in [0.5, 0.6) is 0 Å². The lowest BCUT2D eigenvalue weighted by molar-refractivity contribution is 0.101. The number of amides is 3. The number of aromatic amines is 1. The number of urea groups is 1. The van der Waals surface area contributed by atoms with Gasteiger partial charge in [0.1, 0.15) is 6.07 Å².